The minimum Gasteiger partial charge on any atom is -0.391 e. The number of imide groups is 2. The predicted molar refractivity (Wildman–Crippen MR) is 122 cm³/mol. The van der Waals surface area contributed by atoms with Gasteiger partial charge in [0.2, 0.25) is 17.4 Å². The van der Waals surface area contributed by atoms with Crippen molar-refractivity contribution in [3.05, 3.63) is 17.4 Å². The second-order valence-corrected chi connectivity index (χ2v) is 10.0. The van der Waals surface area contributed by atoms with Gasteiger partial charge in [-0.25, -0.2) is 9.18 Å². The van der Waals surface area contributed by atoms with Crippen LogP contribution >= 0.6 is 0 Å². The maximum Gasteiger partial charge on any atom is 0.328 e. The number of β-amino-alcohol motifs (C(OH)–C–C–N with tert-alkyl or cyclic N) is 1. The number of aliphatic hydroxyl groups is 1. The standard InChI is InChI=1S/C23H24FN7O5/c1-10-7-30-16-12(5-14-17(15(16)24)36-28-19(14)29-4-3-13(32)8-29)6-23(18(30)11(2)31(10)9-25)20(33)26-22(35)27-21(23)34/h5,10-11,13,18,32H,3-4,6-8H2,1-2H3,(H2,26,27,33,34,35)/t10-,11+,13+,18-/m1/s1. The van der Waals surface area contributed by atoms with Crippen LogP contribution in [0.25, 0.3) is 11.0 Å². The lowest BCUT2D eigenvalue weighted by Crippen LogP contribution is -2.77. The highest BCUT2D eigenvalue weighted by Crippen LogP contribution is 2.50. The predicted octanol–water partition coefficient (Wildman–Crippen LogP) is 0.195. The van der Waals surface area contributed by atoms with E-state index in [0.29, 0.717) is 36.3 Å². The molecule has 4 atom stereocenters. The zero-order valence-corrected chi connectivity index (χ0v) is 19.6. The van der Waals surface area contributed by atoms with Crippen LogP contribution in [0, 0.1) is 22.7 Å². The fourth-order valence-electron chi connectivity index (χ4n) is 6.47. The average molecular weight is 497 g/mol. The minimum absolute atomic E-state index is 0.0596. The Kier molecular flexibility index (Phi) is 4.72. The van der Waals surface area contributed by atoms with Crippen LogP contribution in [-0.2, 0) is 16.0 Å². The summed E-state index contributed by atoms with van der Waals surface area (Å²) in [7, 11) is 0. The summed E-state index contributed by atoms with van der Waals surface area (Å²) in [5, 5.41) is 28.6. The van der Waals surface area contributed by atoms with Crippen LogP contribution in [0.5, 0.6) is 0 Å². The first-order chi connectivity index (χ1) is 17.2. The minimum atomic E-state index is -1.78. The number of amides is 4. The number of hydrogen-bond donors (Lipinski definition) is 3. The third kappa shape index (κ3) is 2.81. The summed E-state index contributed by atoms with van der Waals surface area (Å²) in [6, 6.07) is -1.17. The van der Waals surface area contributed by atoms with Gasteiger partial charge in [-0.15, -0.1) is 0 Å². The normalized spacial score (nSPS) is 29.2. The molecule has 13 heteroatoms. The Hall–Kier alpha value is -3.92. The van der Waals surface area contributed by atoms with Gasteiger partial charge in [0.05, 0.1) is 35.3 Å². The van der Waals surface area contributed by atoms with E-state index >= 15 is 4.39 Å². The Morgan fingerprint density at radius 3 is 2.61 bits per heavy atom. The van der Waals surface area contributed by atoms with Crippen LogP contribution in [-0.4, -0.2) is 76.9 Å². The van der Waals surface area contributed by atoms with Crippen LogP contribution in [0.15, 0.2) is 10.6 Å². The van der Waals surface area contributed by atoms with Gasteiger partial charge in [0, 0.05) is 26.1 Å². The quantitative estimate of drug-likeness (QED) is 0.367. The number of anilines is 2. The van der Waals surface area contributed by atoms with Crippen molar-refractivity contribution in [2.75, 3.05) is 29.4 Å². The third-order valence-electron chi connectivity index (χ3n) is 8.01. The summed E-state index contributed by atoms with van der Waals surface area (Å²) in [6.07, 6.45) is 1.95. The third-order valence-corrected chi connectivity index (χ3v) is 8.01. The molecule has 12 nitrogen and oxygen atoms in total. The number of nitrogens with zero attached hydrogens (tertiary/aromatic N) is 5. The number of nitrogens with one attached hydrogen (secondary N) is 2. The Morgan fingerprint density at radius 2 is 1.97 bits per heavy atom. The molecule has 6 rings (SSSR count). The zero-order chi connectivity index (χ0) is 25.5. The van der Waals surface area contributed by atoms with Crippen LogP contribution in [0.1, 0.15) is 25.8 Å². The highest BCUT2D eigenvalue weighted by molar-refractivity contribution is 6.20. The van der Waals surface area contributed by atoms with Crippen molar-refractivity contribution in [1.82, 2.24) is 20.7 Å². The van der Waals surface area contributed by atoms with E-state index in [9.17, 15) is 24.8 Å². The van der Waals surface area contributed by atoms with Gasteiger partial charge in [-0.05, 0) is 31.9 Å². The van der Waals surface area contributed by atoms with E-state index in [2.05, 4.69) is 22.0 Å². The first-order valence-corrected chi connectivity index (χ1v) is 11.8. The van der Waals surface area contributed by atoms with Gasteiger partial charge in [0.15, 0.2) is 23.2 Å². The molecule has 4 aliphatic heterocycles. The number of urea groups is 1. The lowest BCUT2D eigenvalue weighted by Gasteiger charge is -2.57. The lowest BCUT2D eigenvalue weighted by atomic mass is 9.65. The number of aromatic nitrogens is 1. The molecule has 1 aromatic heterocycles. The maximum atomic E-state index is 16.2. The number of rotatable bonds is 1. The first-order valence-electron chi connectivity index (χ1n) is 11.8. The fraction of sp³-hybridized carbons (Fsp3) is 0.522. The van der Waals surface area contributed by atoms with Crippen LogP contribution in [0.4, 0.5) is 20.7 Å². The molecule has 5 heterocycles. The van der Waals surface area contributed by atoms with E-state index in [0.717, 1.165) is 0 Å². The van der Waals surface area contributed by atoms with Gasteiger partial charge < -0.3 is 24.3 Å². The molecule has 0 unspecified atom stereocenters. The van der Waals surface area contributed by atoms with Crippen molar-refractivity contribution in [2.45, 2.75) is 50.9 Å². The number of halogens is 1. The molecular formula is C23H24FN7O5. The summed E-state index contributed by atoms with van der Waals surface area (Å²) in [6.45, 7) is 4.52. The van der Waals surface area contributed by atoms with E-state index in [1.807, 2.05) is 6.92 Å². The number of carbonyl (C=O) groups is 3. The smallest absolute Gasteiger partial charge is 0.328 e. The van der Waals surface area contributed by atoms with Crippen molar-refractivity contribution in [3.63, 3.8) is 0 Å². The Balaban J connectivity index is 1.57. The number of carbonyl (C=O) groups excluding carboxylic acids is 3. The lowest BCUT2D eigenvalue weighted by molar-refractivity contribution is -0.148. The molecule has 1 aromatic carbocycles. The van der Waals surface area contributed by atoms with Gasteiger partial charge in [0.25, 0.3) is 0 Å². The average Bonchev–Trinajstić information content (AvgIpc) is 3.43. The van der Waals surface area contributed by atoms with Crippen molar-refractivity contribution >= 4 is 40.3 Å². The van der Waals surface area contributed by atoms with E-state index in [4.69, 9.17) is 4.52 Å². The topological polar surface area (TPSA) is 155 Å². The van der Waals surface area contributed by atoms with Crippen LogP contribution < -0.4 is 20.4 Å². The molecule has 3 saturated heterocycles. The van der Waals surface area contributed by atoms with Gasteiger partial charge in [-0.1, -0.05) is 5.16 Å². The molecular weight excluding hydrogens is 473 g/mol. The molecule has 1 spiro atoms. The van der Waals surface area contributed by atoms with Gasteiger partial charge >= 0.3 is 6.03 Å². The van der Waals surface area contributed by atoms with Crippen molar-refractivity contribution < 1.29 is 28.4 Å². The molecule has 2 aromatic rings. The molecule has 4 aliphatic rings. The van der Waals surface area contributed by atoms with Gasteiger partial charge in [0.1, 0.15) is 0 Å². The number of fused-ring (bicyclic) bond motifs is 5. The number of benzene rings is 1. The van der Waals surface area contributed by atoms with E-state index in [1.54, 1.807) is 22.8 Å². The highest BCUT2D eigenvalue weighted by atomic mass is 19.1. The number of nitriles is 1. The number of hydrogen-bond acceptors (Lipinski definition) is 10. The summed E-state index contributed by atoms with van der Waals surface area (Å²) in [5.41, 5.74) is -1.26. The van der Waals surface area contributed by atoms with E-state index in [1.165, 1.54) is 4.90 Å². The van der Waals surface area contributed by atoms with E-state index in [-0.39, 0.29) is 30.3 Å². The van der Waals surface area contributed by atoms with Crippen molar-refractivity contribution in [1.29, 1.82) is 5.26 Å². The summed E-state index contributed by atoms with van der Waals surface area (Å²) in [4.78, 5) is 43.7. The number of aliphatic hydroxyl groups excluding tert-OH is 1. The highest BCUT2D eigenvalue weighted by Gasteiger charge is 2.64. The van der Waals surface area contributed by atoms with Crippen LogP contribution in [0.3, 0.4) is 0 Å². The van der Waals surface area contributed by atoms with Crippen molar-refractivity contribution in [3.8, 4) is 6.19 Å². The molecule has 4 amide bonds. The molecule has 0 aliphatic carbocycles. The van der Waals surface area contributed by atoms with Crippen molar-refractivity contribution in [2.24, 2.45) is 5.41 Å². The molecule has 188 valence electrons. The molecule has 0 saturated carbocycles. The molecule has 36 heavy (non-hydrogen) atoms. The first kappa shape index (κ1) is 22.5. The second kappa shape index (κ2) is 7.54. The Bertz CT molecular complexity index is 1350. The maximum absolute atomic E-state index is 16.2. The fourth-order valence-corrected chi connectivity index (χ4v) is 6.47. The Morgan fingerprint density at radius 1 is 1.25 bits per heavy atom. The van der Waals surface area contributed by atoms with Crippen LogP contribution in [0.2, 0.25) is 0 Å². The SMILES string of the molecule is C[C@@H]1CN2c3c(cc4c(N5CC[C@H](O)C5)noc4c3F)CC3(C(=O)NC(=O)NC3=O)[C@H]2[C@H](C)N1C#N. The molecule has 3 fully saturated rings. The van der Waals surface area contributed by atoms with Gasteiger partial charge in [-0.3, -0.25) is 20.2 Å². The summed E-state index contributed by atoms with van der Waals surface area (Å²) >= 11 is 0. The number of piperazine rings is 1. The summed E-state index contributed by atoms with van der Waals surface area (Å²) < 4.78 is 21.6. The van der Waals surface area contributed by atoms with E-state index < -0.39 is 47.3 Å². The molecule has 0 radical (unpaired) electrons. The molecule has 3 N–H and O–H groups in total. The van der Waals surface area contributed by atoms with Gasteiger partial charge in [-0.2, -0.15) is 5.26 Å². The summed E-state index contributed by atoms with van der Waals surface area (Å²) in [5.74, 6) is -1.86. The largest absolute Gasteiger partial charge is 0.391 e. The molecule has 0 bridgehead atoms. The monoisotopic (exact) mass is 497 g/mol. The second-order valence-electron chi connectivity index (χ2n) is 10.0. The number of barbiturate groups is 1. The zero-order valence-electron chi connectivity index (χ0n) is 19.6. The Labute approximate surface area is 204 Å².